The van der Waals surface area contributed by atoms with Crippen LogP contribution >= 0.6 is 0 Å². The van der Waals surface area contributed by atoms with Gasteiger partial charge in [-0.05, 0) is 0 Å². The molecule has 3 heteroatoms. The molecule has 2 nitrogen and oxygen atoms in total. The molecule has 0 aromatic rings. The van der Waals surface area contributed by atoms with Gasteiger partial charge in [-0.1, -0.05) is 0 Å². The second-order valence-corrected chi connectivity index (χ2v) is 0.970. The first-order valence-corrected chi connectivity index (χ1v) is 1.55. The van der Waals surface area contributed by atoms with Crippen LogP contribution in [-0.4, -0.2) is 19.7 Å². The monoisotopic (exact) mass is 70.0 g/mol. The van der Waals surface area contributed by atoms with Crippen molar-refractivity contribution in [2.45, 2.75) is 0 Å². The molecule has 0 atom stereocenters. The molecule has 0 aromatic heterocycles. The summed E-state index contributed by atoms with van der Waals surface area (Å²) in [6.07, 6.45) is 0. The molecule has 1 fully saturated rings. The van der Waals surface area contributed by atoms with Crippen molar-refractivity contribution in [1.82, 2.24) is 0 Å². The molecular formula is C2H3BO2. The molecule has 0 bridgehead atoms. The molecule has 0 aliphatic carbocycles. The predicted molar refractivity (Wildman–Crippen MR) is 18.5 cm³/mol. The second-order valence-electron chi connectivity index (χ2n) is 0.970. The van der Waals surface area contributed by atoms with Gasteiger partial charge in [-0.25, -0.2) is 0 Å². The highest BCUT2D eigenvalue weighted by atomic mass is 16.5. The van der Waals surface area contributed by atoms with Gasteiger partial charge in [0.1, 0.15) is 0 Å². The van der Waals surface area contributed by atoms with Crippen LogP contribution in [0.5, 0.6) is 0 Å². The molecule has 5 heavy (non-hydrogen) atoms. The number of carbonyl (C=O) groups is 1. The highest BCUT2D eigenvalue weighted by Gasteiger charge is 2.14. The van der Waals surface area contributed by atoms with E-state index >= 15 is 0 Å². The second kappa shape index (κ2) is 0.741. The number of hydrogen-bond acceptors (Lipinski definition) is 2. The van der Waals surface area contributed by atoms with E-state index in [4.69, 9.17) is 0 Å². The summed E-state index contributed by atoms with van der Waals surface area (Å²) in [7, 11) is 0.625. The first-order valence-electron chi connectivity index (χ1n) is 1.55. The molecule has 0 radical (unpaired) electrons. The van der Waals surface area contributed by atoms with Gasteiger partial charge < -0.3 is 4.74 Å². The average molecular weight is 69.9 g/mol. The fourth-order valence-corrected chi connectivity index (χ4v) is 0.185. The zero-order valence-corrected chi connectivity index (χ0v) is 2.73. The molecule has 1 rings (SSSR count). The summed E-state index contributed by atoms with van der Waals surface area (Å²) in [4.78, 5) is 9.68. The van der Waals surface area contributed by atoms with E-state index in [-0.39, 0.29) is 5.87 Å². The van der Waals surface area contributed by atoms with E-state index in [9.17, 15) is 4.79 Å². The SMILES string of the molecule is O=C1BCO1. The Morgan fingerprint density at radius 1 is 2.00 bits per heavy atom. The zero-order valence-electron chi connectivity index (χ0n) is 2.73. The van der Waals surface area contributed by atoms with Gasteiger partial charge in [0, 0.05) is 0 Å². The van der Waals surface area contributed by atoms with Crippen LogP contribution < -0.4 is 0 Å². The molecule has 0 aromatic carbocycles. The standard InChI is InChI=1S/C2H3BO2/c4-2-3-1-5-2/h3H,1H2. The Balaban J connectivity index is 2.32. The smallest absolute Gasteiger partial charge is 0.304 e. The fraction of sp³-hybridized carbons (Fsp3) is 0.500. The third-order valence-corrected chi connectivity index (χ3v) is 0.569. The summed E-state index contributed by atoms with van der Waals surface area (Å²) in [5, 5.41) is 0. The van der Waals surface area contributed by atoms with E-state index < -0.39 is 0 Å². The lowest BCUT2D eigenvalue weighted by molar-refractivity contribution is 0.174. The lowest BCUT2D eigenvalue weighted by atomic mass is 9.76. The van der Waals surface area contributed by atoms with Crippen LogP contribution in [0.2, 0.25) is 0 Å². The highest BCUT2D eigenvalue weighted by Crippen LogP contribution is 1.87. The van der Waals surface area contributed by atoms with Crippen molar-refractivity contribution in [3.8, 4) is 0 Å². The zero-order chi connectivity index (χ0) is 3.70. The minimum atomic E-state index is -0.0648. The maximum atomic E-state index is 9.68. The molecule has 1 saturated heterocycles. The van der Waals surface area contributed by atoms with Gasteiger partial charge >= 0.3 is 7.28 Å². The molecule has 1 heterocycles. The third kappa shape index (κ3) is 0.272. The number of ether oxygens (including phenoxy) is 1. The van der Waals surface area contributed by atoms with Crippen molar-refractivity contribution in [3.05, 3.63) is 0 Å². The van der Waals surface area contributed by atoms with Gasteiger partial charge in [0.15, 0.2) is 0 Å². The average Bonchev–Trinajstić information content (AvgIpc) is 1.30. The largest absolute Gasteiger partial charge is 0.482 e. The highest BCUT2D eigenvalue weighted by molar-refractivity contribution is 6.75. The number of carbonyl (C=O) groups excluding carboxylic acids is 1. The van der Waals surface area contributed by atoms with Crippen LogP contribution in [-0.2, 0) is 4.74 Å². The Kier molecular flexibility index (Phi) is 0.409. The van der Waals surface area contributed by atoms with Crippen molar-refractivity contribution in [2.75, 3.05) is 6.51 Å². The van der Waals surface area contributed by atoms with Crippen LogP contribution in [0.25, 0.3) is 0 Å². The van der Waals surface area contributed by atoms with Gasteiger partial charge in [0.05, 0.1) is 6.51 Å². The van der Waals surface area contributed by atoms with E-state index in [2.05, 4.69) is 4.74 Å². The van der Waals surface area contributed by atoms with Crippen LogP contribution in [0, 0.1) is 0 Å². The van der Waals surface area contributed by atoms with Gasteiger partial charge in [0.2, 0.25) is 0 Å². The Bertz CT molecular complexity index is 54.7. The lowest BCUT2D eigenvalue weighted by Gasteiger charge is -2.07. The van der Waals surface area contributed by atoms with Gasteiger partial charge in [-0.2, -0.15) is 0 Å². The number of rotatable bonds is 0. The molecule has 0 amide bonds. The molecule has 0 N–H and O–H groups in total. The van der Waals surface area contributed by atoms with Crippen molar-refractivity contribution in [2.24, 2.45) is 0 Å². The van der Waals surface area contributed by atoms with E-state index in [0.29, 0.717) is 13.8 Å². The van der Waals surface area contributed by atoms with Gasteiger partial charge in [0.25, 0.3) is 5.87 Å². The summed E-state index contributed by atoms with van der Waals surface area (Å²) >= 11 is 0. The summed E-state index contributed by atoms with van der Waals surface area (Å²) in [6, 6.07) is 0. The maximum Gasteiger partial charge on any atom is 0.304 e. The summed E-state index contributed by atoms with van der Waals surface area (Å²) in [5.74, 6) is -0.0648. The van der Waals surface area contributed by atoms with Crippen molar-refractivity contribution in [1.29, 1.82) is 0 Å². The fourth-order valence-electron chi connectivity index (χ4n) is 0.185. The Morgan fingerprint density at radius 2 is 2.40 bits per heavy atom. The molecular weight excluding hydrogens is 66.8 g/mol. The van der Waals surface area contributed by atoms with E-state index in [0.717, 1.165) is 0 Å². The lowest BCUT2D eigenvalue weighted by Crippen LogP contribution is -2.29. The molecule has 0 unspecified atom stereocenters. The van der Waals surface area contributed by atoms with E-state index in [1.165, 1.54) is 0 Å². The molecule has 1 aliphatic rings. The molecule has 26 valence electrons. The minimum Gasteiger partial charge on any atom is -0.482 e. The van der Waals surface area contributed by atoms with Crippen molar-refractivity contribution >= 4 is 13.1 Å². The minimum absolute atomic E-state index is 0.0648. The van der Waals surface area contributed by atoms with Crippen molar-refractivity contribution in [3.63, 3.8) is 0 Å². The quantitative estimate of drug-likeness (QED) is 0.360. The van der Waals surface area contributed by atoms with Gasteiger partial charge in [-0.3, -0.25) is 4.79 Å². The topological polar surface area (TPSA) is 26.3 Å². The molecule has 1 aliphatic heterocycles. The van der Waals surface area contributed by atoms with Crippen LogP contribution in [0.4, 0.5) is 4.79 Å². The first-order chi connectivity index (χ1) is 2.39. The summed E-state index contributed by atoms with van der Waals surface area (Å²) in [6.45, 7) is 0.638. The molecule has 0 spiro atoms. The van der Waals surface area contributed by atoms with Crippen LogP contribution in [0.1, 0.15) is 0 Å². The summed E-state index contributed by atoms with van der Waals surface area (Å²) < 4.78 is 4.29. The Morgan fingerprint density at radius 3 is 2.40 bits per heavy atom. The summed E-state index contributed by atoms with van der Waals surface area (Å²) in [5.41, 5.74) is 0. The normalized spacial score (nSPS) is 18.8. The third-order valence-electron chi connectivity index (χ3n) is 0.569. The van der Waals surface area contributed by atoms with E-state index in [1.54, 1.807) is 0 Å². The first kappa shape index (κ1) is 2.76. The van der Waals surface area contributed by atoms with Crippen LogP contribution in [0.15, 0.2) is 0 Å². The predicted octanol–water partition coefficient (Wildman–Crippen LogP) is -0.469. The number of hydrogen-bond donors (Lipinski definition) is 0. The number of cyclic esters (lactones) is 1. The Labute approximate surface area is 30.4 Å². The van der Waals surface area contributed by atoms with Crippen molar-refractivity contribution < 1.29 is 9.53 Å². The van der Waals surface area contributed by atoms with E-state index in [1.807, 2.05) is 0 Å². The maximum absolute atomic E-state index is 9.68. The van der Waals surface area contributed by atoms with Crippen LogP contribution in [0.3, 0.4) is 0 Å². The van der Waals surface area contributed by atoms with Gasteiger partial charge in [-0.15, -0.1) is 0 Å². The Hall–Kier alpha value is -0.465. The molecule has 0 saturated carbocycles.